The Morgan fingerprint density at radius 3 is 2.14 bits per heavy atom. The standard InChI is InChI=1S/C20H22F3N3O2/c1-3-18(27)26-17-10-6-15(7-11-17)13(2)25-19(28)24-12-14-4-8-16(9-5-14)20(21,22)23/h4-11,13H,3,12H2,1-2H3,(H,26,27)(H2,24,25,28). The van der Waals surface area contributed by atoms with E-state index in [1.54, 1.807) is 38.1 Å². The molecule has 0 spiro atoms. The number of hydrogen-bond acceptors (Lipinski definition) is 2. The molecule has 1 atom stereocenters. The van der Waals surface area contributed by atoms with E-state index in [1.165, 1.54) is 12.1 Å². The zero-order valence-corrected chi connectivity index (χ0v) is 15.6. The molecule has 150 valence electrons. The van der Waals surface area contributed by atoms with Crippen molar-refractivity contribution in [3.63, 3.8) is 0 Å². The van der Waals surface area contributed by atoms with Crippen LogP contribution in [0, 0.1) is 0 Å². The summed E-state index contributed by atoms with van der Waals surface area (Å²) in [7, 11) is 0. The number of anilines is 1. The van der Waals surface area contributed by atoms with Gasteiger partial charge in [-0.25, -0.2) is 4.79 Å². The van der Waals surface area contributed by atoms with Gasteiger partial charge in [0.05, 0.1) is 11.6 Å². The smallest absolute Gasteiger partial charge is 0.334 e. The van der Waals surface area contributed by atoms with Crippen molar-refractivity contribution in [1.29, 1.82) is 0 Å². The molecule has 0 aromatic heterocycles. The van der Waals surface area contributed by atoms with Gasteiger partial charge in [0.1, 0.15) is 0 Å². The topological polar surface area (TPSA) is 70.2 Å². The number of rotatable bonds is 6. The Bertz CT molecular complexity index is 803. The van der Waals surface area contributed by atoms with Crippen LogP contribution in [0.1, 0.15) is 43.0 Å². The van der Waals surface area contributed by atoms with Crippen LogP contribution < -0.4 is 16.0 Å². The van der Waals surface area contributed by atoms with E-state index in [1.807, 2.05) is 0 Å². The number of carbonyl (C=O) groups is 2. The van der Waals surface area contributed by atoms with Gasteiger partial charge in [-0.2, -0.15) is 13.2 Å². The van der Waals surface area contributed by atoms with E-state index >= 15 is 0 Å². The molecule has 0 aliphatic carbocycles. The quantitative estimate of drug-likeness (QED) is 0.671. The van der Waals surface area contributed by atoms with Gasteiger partial charge in [0, 0.05) is 18.7 Å². The third-order valence-corrected chi connectivity index (χ3v) is 4.10. The molecule has 2 aromatic rings. The van der Waals surface area contributed by atoms with E-state index in [9.17, 15) is 22.8 Å². The Balaban J connectivity index is 1.84. The minimum atomic E-state index is -4.38. The Morgan fingerprint density at radius 1 is 1.00 bits per heavy atom. The van der Waals surface area contributed by atoms with E-state index in [2.05, 4.69) is 16.0 Å². The van der Waals surface area contributed by atoms with Crippen LogP contribution in [0.25, 0.3) is 0 Å². The van der Waals surface area contributed by atoms with Gasteiger partial charge in [0.15, 0.2) is 0 Å². The number of hydrogen-bond donors (Lipinski definition) is 3. The highest BCUT2D eigenvalue weighted by Crippen LogP contribution is 2.29. The molecule has 0 saturated heterocycles. The van der Waals surface area contributed by atoms with Crippen molar-refractivity contribution in [3.05, 3.63) is 65.2 Å². The first-order valence-electron chi connectivity index (χ1n) is 8.79. The highest BCUT2D eigenvalue weighted by Gasteiger charge is 2.29. The molecule has 5 nitrogen and oxygen atoms in total. The monoisotopic (exact) mass is 393 g/mol. The second-order valence-corrected chi connectivity index (χ2v) is 6.27. The fraction of sp³-hybridized carbons (Fsp3) is 0.300. The maximum absolute atomic E-state index is 12.5. The zero-order chi connectivity index (χ0) is 20.7. The maximum atomic E-state index is 12.5. The van der Waals surface area contributed by atoms with E-state index < -0.39 is 17.8 Å². The van der Waals surface area contributed by atoms with Crippen molar-refractivity contribution in [2.75, 3.05) is 5.32 Å². The predicted octanol–water partition coefficient (Wildman–Crippen LogP) is 4.61. The molecule has 28 heavy (non-hydrogen) atoms. The van der Waals surface area contributed by atoms with E-state index in [0.717, 1.165) is 17.7 Å². The lowest BCUT2D eigenvalue weighted by Gasteiger charge is -2.16. The van der Waals surface area contributed by atoms with Crippen LogP contribution in [0.15, 0.2) is 48.5 Å². The average Bonchev–Trinajstić information content (AvgIpc) is 2.66. The van der Waals surface area contributed by atoms with Gasteiger partial charge >= 0.3 is 12.2 Å². The number of carbonyl (C=O) groups excluding carboxylic acids is 2. The third kappa shape index (κ3) is 6.29. The van der Waals surface area contributed by atoms with Crippen LogP contribution >= 0.6 is 0 Å². The summed E-state index contributed by atoms with van der Waals surface area (Å²) in [6.07, 6.45) is -3.99. The van der Waals surface area contributed by atoms with Gasteiger partial charge in [-0.1, -0.05) is 31.2 Å². The lowest BCUT2D eigenvalue weighted by Crippen LogP contribution is -2.36. The minimum absolute atomic E-state index is 0.0819. The third-order valence-electron chi connectivity index (χ3n) is 4.10. The van der Waals surface area contributed by atoms with Crippen molar-refractivity contribution < 1.29 is 22.8 Å². The summed E-state index contributed by atoms with van der Waals surface area (Å²) in [5, 5.41) is 8.11. The molecule has 0 radical (unpaired) electrons. The van der Waals surface area contributed by atoms with Gasteiger partial charge in [0.25, 0.3) is 0 Å². The molecule has 0 heterocycles. The Kier molecular flexibility index (Phi) is 7.03. The molecule has 0 aliphatic heterocycles. The molecule has 2 aromatic carbocycles. The second-order valence-electron chi connectivity index (χ2n) is 6.27. The van der Waals surface area contributed by atoms with Crippen molar-refractivity contribution in [2.24, 2.45) is 0 Å². The number of alkyl halides is 3. The van der Waals surface area contributed by atoms with E-state index in [0.29, 0.717) is 17.7 Å². The van der Waals surface area contributed by atoms with Crippen molar-refractivity contribution in [3.8, 4) is 0 Å². The summed E-state index contributed by atoms with van der Waals surface area (Å²) in [5.74, 6) is -0.0819. The van der Waals surface area contributed by atoms with Crippen molar-refractivity contribution >= 4 is 17.6 Å². The van der Waals surface area contributed by atoms with Crippen molar-refractivity contribution in [2.45, 2.75) is 39.0 Å². The minimum Gasteiger partial charge on any atom is -0.334 e. The van der Waals surface area contributed by atoms with Gasteiger partial charge in [-0.15, -0.1) is 0 Å². The molecule has 1 unspecified atom stereocenters. The van der Waals surface area contributed by atoms with E-state index in [-0.39, 0.29) is 18.5 Å². The summed E-state index contributed by atoms with van der Waals surface area (Å²) in [6, 6.07) is 11.0. The largest absolute Gasteiger partial charge is 0.416 e. The number of urea groups is 1. The number of benzene rings is 2. The lowest BCUT2D eigenvalue weighted by molar-refractivity contribution is -0.137. The normalized spacial score (nSPS) is 12.2. The molecule has 2 rings (SSSR count). The SMILES string of the molecule is CCC(=O)Nc1ccc(C(C)NC(=O)NCc2ccc(C(F)(F)F)cc2)cc1. The molecule has 3 amide bonds. The van der Waals surface area contributed by atoms with Gasteiger partial charge < -0.3 is 16.0 Å². The summed E-state index contributed by atoms with van der Waals surface area (Å²) in [6.45, 7) is 3.68. The van der Waals surface area contributed by atoms with E-state index in [4.69, 9.17) is 0 Å². The summed E-state index contributed by atoms with van der Waals surface area (Å²) < 4.78 is 37.6. The van der Waals surface area contributed by atoms with Gasteiger partial charge in [0.2, 0.25) is 5.91 Å². The maximum Gasteiger partial charge on any atom is 0.416 e. The average molecular weight is 393 g/mol. The first-order chi connectivity index (χ1) is 13.2. The summed E-state index contributed by atoms with van der Waals surface area (Å²) in [4.78, 5) is 23.4. The molecule has 0 saturated carbocycles. The molecule has 3 N–H and O–H groups in total. The molecule has 0 bridgehead atoms. The van der Waals surface area contributed by atoms with Crippen LogP contribution in [-0.4, -0.2) is 11.9 Å². The first kappa shape index (κ1) is 21.3. The predicted molar refractivity (Wildman–Crippen MR) is 101 cm³/mol. The summed E-state index contributed by atoms with van der Waals surface area (Å²) >= 11 is 0. The molecular formula is C20H22F3N3O2. The van der Waals surface area contributed by atoms with Crippen molar-refractivity contribution in [1.82, 2.24) is 10.6 Å². The lowest BCUT2D eigenvalue weighted by atomic mass is 10.1. The van der Waals surface area contributed by atoms with Crippen LogP contribution in [0.2, 0.25) is 0 Å². The van der Waals surface area contributed by atoms with Crippen LogP contribution in [0.3, 0.4) is 0 Å². The Morgan fingerprint density at radius 2 is 1.61 bits per heavy atom. The fourth-order valence-corrected chi connectivity index (χ4v) is 2.43. The molecule has 0 fully saturated rings. The van der Waals surface area contributed by atoms with Crippen LogP contribution in [0.4, 0.5) is 23.7 Å². The van der Waals surface area contributed by atoms with Crippen LogP contribution in [-0.2, 0) is 17.5 Å². The molecule has 8 heteroatoms. The highest BCUT2D eigenvalue weighted by molar-refractivity contribution is 5.90. The molecular weight excluding hydrogens is 371 g/mol. The van der Waals surface area contributed by atoms with Gasteiger partial charge in [-0.05, 0) is 42.3 Å². The Hall–Kier alpha value is -3.03. The van der Waals surface area contributed by atoms with Gasteiger partial charge in [-0.3, -0.25) is 4.79 Å². The number of nitrogens with one attached hydrogen (secondary N) is 3. The summed E-state index contributed by atoms with van der Waals surface area (Å²) in [5.41, 5.74) is 1.36. The number of halogens is 3. The van der Waals surface area contributed by atoms with Crippen LogP contribution in [0.5, 0.6) is 0 Å². The second kappa shape index (κ2) is 9.25. The molecule has 0 aliphatic rings. The fourth-order valence-electron chi connectivity index (χ4n) is 2.43. The number of amides is 3. The Labute approximate surface area is 161 Å². The zero-order valence-electron chi connectivity index (χ0n) is 15.6. The highest BCUT2D eigenvalue weighted by atomic mass is 19.4. The first-order valence-corrected chi connectivity index (χ1v) is 8.79.